The van der Waals surface area contributed by atoms with Gasteiger partial charge in [0, 0.05) is 25.7 Å². The highest BCUT2D eigenvalue weighted by molar-refractivity contribution is 5.79. The molecule has 0 spiro atoms. The summed E-state index contributed by atoms with van der Waals surface area (Å²) in [7, 11) is 1.59. The van der Waals surface area contributed by atoms with Crippen LogP contribution in [0.25, 0.3) is 0 Å². The molecule has 1 rings (SSSR count). The second-order valence-electron chi connectivity index (χ2n) is 7.71. The van der Waals surface area contributed by atoms with Crippen LogP contribution in [0.1, 0.15) is 45.7 Å². The van der Waals surface area contributed by atoms with Crippen LogP contribution in [0.3, 0.4) is 0 Å². The number of rotatable bonds is 5. The monoisotopic (exact) mass is 377 g/mol. The molecule has 0 aliphatic heterocycles. The third kappa shape index (κ3) is 8.40. The molecule has 0 aliphatic carbocycles. The van der Waals surface area contributed by atoms with Gasteiger partial charge in [0.25, 0.3) is 0 Å². The Labute approximate surface area is 160 Å². The molecule has 0 aromatic heterocycles. The smallest absolute Gasteiger partial charge is 0.408 e. The Morgan fingerprint density at radius 3 is 2.48 bits per heavy atom. The Morgan fingerprint density at radius 2 is 1.93 bits per heavy atom. The third-order valence-electron chi connectivity index (χ3n) is 3.38. The third-order valence-corrected chi connectivity index (χ3v) is 3.38. The fourth-order valence-electron chi connectivity index (χ4n) is 2.11. The Balaban J connectivity index is 2.59. The fourth-order valence-corrected chi connectivity index (χ4v) is 2.11. The summed E-state index contributed by atoms with van der Waals surface area (Å²) in [5.41, 5.74) is -0.430. The van der Waals surface area contributed by atoms with Crippen molar-refractivity contribution >= 4 is 12.1 Å². The van der Waals surface area contributed by atoms with Gasteiger partial charge in [0.2, 0.25) is 0 Å². The van der Waals surface area contributed by atoms with Crippen LogP contribution in [0.2, 0.25) is 0 Å². The molecule has 8 heteroatoms. The first-order chi connectivity index (χ1) is 12.5. The zero-order chi connectivity index (χ0) is 20.7. The Kier molecular flexibility index (Phi) is 7.58. The minimum atomic E-state index is -0.605. The number of ether oxygens (including phenoxy) is 1. The van der Waals surface area contributed by atoms with E-state index in [4.69, 9.17) is 10.00 Å². The molecule has 7 nitrogen and oxygen atoms in total. The Morgan fingerprint density at radius 1 is 1.26 bits per heavy atom. The van der Waals surface area contributed by atoms with Crippen LogP contribution in [-0.2, 0) is 11.3 Å². The van der Waals surface area contributed by atoms with Crippen molar-refractivity contribution in [2.75, 3.05) is 13.6 Å². The second-order valence-corrected chi connectivity index (χ2v) is 7.71. The van der Waals surface area contributed by atoms with Crippen molar-refractivity contribution in [3.8, 4) is 6.07 Å². The number of aliphatic imine (C=N–C) groups is 1. The standard InChI is InChI=1S/C19H28FN5O2/c1-18(2,3)27-17(26)25-19(4,5)12-24-16(22-6)23-11-14-9-13(10-21)7-8-15(14)20/h7-9H,11-12H2,1-6H3,(H,25,26)(H2,22,23,24). The summed E-state index contributed by atoms with van der Waals surface area (Å²) in [6.07, 6.45) is -0.507. The van der Waals surface area contributed by atoms with Gasteiger partial charge in [0.05, 0.1) is 17.2 Å². The quantitative estimate of drug-likeness (QED) is 0.541. The van der Waals surface area contributed by atoms with Gasteiger partial charge >= 0.3 is 6.09 Å². The number of hydrogen-bond donors (Lipinski definition) is 3. The van der Waals surface area contributed by atoms with Gasteiger partial charge in [-0.2, -0.15) is 5.26 Å². The summed E-state index contributed by atoms with van der Waals surface area (Å²) in [5, 5.41) is 17.8. The van der Waals surface area contributed by atoms with Crippen LogP contribution in [0.15, 0.2) is 23.2 Å². The first-order valence-electron chi connectivity index (χ1n) is 8.60. The Hall–Kier alpha value is -2.82. The van der Waals surface area contributed by atoms with Crippen LogP contribution in [-0.4, -0.2) is 36.8 Å². The summed E-state index contributed by atoms with van der Waals surface area (Å²) < 4.78 is 19.1. The molecular weight excluding hydrogens is 349 g/mol. The lowest BCUT2D eigenvalue weighted by molar-refractivity contribution is 0.0474. The predicted octanol–water partition coefficient (Wildman–Crippen LogP) is 2.67. The highest BCUT2D eigenvalue weighted by Gasteiger charge is 2.24. The average Bonchev–Trinajstić information content (AvgIpc) is 2.54. The van der Waals surface area contributed by atoms with E-state index in [1.165, 1.54) is 18.2 Å². The van der Waals surface area contributed by atoms with Gasteiger partial charge < -0.3 is 20.7 Å². The maximum absolute atomic E-state index is 13.8. The number of nitrogens with one attached hydrogen (secondary N) is 3. The van der Waals surface area contributed by atoms with Crippen molar-refractivity contribution in [1.82, 2.24) is 16.0 Å². The van der Waals surface area contributed by atoms with Crippen LogP contribution >= 0.6 is 0 Å². The molecule has 0 unspecified atom stereocenters. The number of hydrogen-bond acceptors (Lipinski definition) is 4. The van der Waals surface area contributed by atoms with Gasteiger partial charge in [-0.3, -0.25) is 4.99 Å². The SMILES string of the molecule is CN=C(NCc1cc(C#N)ccc1F)NCC(C)(C)NC(=O)OC(C)(C)C. The zero-order valence-electron chi connectivity index (χ0n) is 16.7. The molecule has 1 aromatic carbocycles. The molecule has 0 atom stereocenters. The van der Waals surface area contributed by atoms with E-state index in [9.17, 15) is 9.18 Å². The van der Waals surface area contributed by atoms with Crippen LogP contribution in [0.5, 0.6) is 0 Å². The fraction of sp³-hybridized carbons (Fsp3) is 0.526. The van der Waals surface area contributed by atoms with E-state index in [0.717, 1.165) is 0 Å². The number of nitrogens with zero attached hydrogens (tertiary/aromatic N) is 2. The van der Waals surface area contributed by atoms with Crippen molar-refractivity contribution in [3.05, 3.63) is 35.1 Å². The molecule has 1 amide bonds. The van der Waals surface area contributed by atoms with E-state index in [1.54, 1.807) is 27.8 Å². The molecule has 3 N–H and O–H groups in total. The first kappa shape index (κ1) is 22.2. The van der Waals surface area contributed by atoms with E-state index < -0.39 is 23.1 Å². The van der Waals surface area contributed by atoms with Gasteiger partial charge in [-0.15, -0.1) is 0 Å². The molecule has 0 radical (unpaired) electrons. The van der Waals surface area contributed by atoms with Gasteiger partial charge in [-0.25, -0.2) is 9.18 Å². The number of alkyl carbamates (subject to hydrolysis) is 1. The predicted molar refractivity (Wildman–Crippen MR) is 103 cm³/mol. The number of carbonyl (C=O) groups is 1. The van der Waals surface area contributed by atoms with Crippen molar-refractivity contribution in [1.29, 1.82) is 5.26 Å². The zero-order valence-corrected chi connectivity index (χ0v) is 16.7. The maximum Gasteiger partial charge on any atom is 0.408 e. The summed E-state index contributed by atoms with van der Waals surface area (Å²) in [6.45, 7) is 9.60. The molecule has 0 aliphatic rings. The van der Waals surface area contributed by atoms with E-state index in [2.05, 4.69) is 20.9 Å². The van der Waals surface area contributed by atoms with Crippen molar-refractivity contribution < 1.29 is 13.9 Å². The minimum absolute atomic E-state index is 0.168. The van der Waals surface area contributed by atoms with Crippen LogP contribution in [0, 0.1) is 17.1 Å². The minimum Gasteiger partial charge on any atom is -0.444 e. The lowest BCUT2D eigenvalue weighted by Crippen LogP contribution is -2.54. The number of benzene rings is 1. The van der Waals surface area contributed by atoms with Gasteiger partial charge in [0.15, 0.2) is 5.96 Å². The average molecular weight is 377 g/mol. The number of halogens is 1. The number of guanidine groups is 1. The summed E-state index contributed by atoms with van der Waals surface area (Å²) >= 11 is 0. The highest BCUT2D eigenvalue weighted by atomic mass is 19.1. The molecular formula is C19H28FN5O2. The van der Waals surface area contributed by atoms with Crippen molar-refractivity contribution in [3.63, 3.8) is 0 Å². The van der Waals surface area contributed by atoms with Crippen LogP contribution in [0.4, 0.5) is 9.18 Å². The lowest BCUT2D eigenvalue weighted by atomic mass is 10.1. The summed E-state index contributed by atoms with van der Waals surface area (Å²) in [6, 6.07) is 6.16. The molecule has 1 aromatic rings. The van der Waals surface area contributed by atoms with E-state index in [-0.39, 0.29) is 6.54 Å². The summed E-state index contributed by atoms with van der Waals surface area (Å²) in [4.78, 5) is 16.0. The molecule has 0 fully saturated rings. The second kappa shape index (κ2) is 9.21. The lowest BCUT2D eigenvalue weighted by Gasteiger charge is -2.29. The normalized spacial score (nSPS) is 12.1. The van der Waals surface area contributed by atoms with Crippen LogP contribution < -0.4 is 16.0 Å². The van der Waals surface area contributed by atoms with Gasteiger partial charge in [-0.05, 0) is 52.8 Å². The molecule has 0 heterocycles. The summed E-state index contributed by atoms with van der Waals surface area (Å²) in [5.74, 6) is 0.0414. The number of carbonyl (C=O) groups excluding carboxylic acids is 1. The topological polar surface area (TPSA) is 98.5 Å². The number of amides is 1. The van der Waals surface area contributed by atoms with Gasteiger partial charge in [0.1, 0.15) is 11.4 Å². The Bertz CT molecular complexity index is 733. The van der Waals surface area contributed by atoms with Gasteiger partial charge in [-0.1, -0.05) is 0 Å². The molecule has 0 saturated heterocycles. The molecule has 27 heavy (non-hydrogen) atoms. The van der Waals surface area contributed by atoms with Crippen molar-refractivity contribution in [2.45, 2.75) is 52.3 Å². The largest absolute Gasteiger partial charge is 0.444 e. The first-order valence-corrected chi connectivity index (χ1v) is 8.60. The molecule has 0 bridgehead atoms. The van der Waals surface area contributed by atoms with E-state index in [0.29, 0.717) is 23.6 Å². The number of nitriles is 1. The maximum atomic E-state index is 13.8. The van der Waals surface area contributed by atoms with E-state index >= 15 is 0 Å². The van der Waals surface area contributed by atoms with Crippen molar-refractivity contribution in [2.24, 2.45) is 4.99 Å². The van der Waals surface area contributed by atoms with E-state index in [1.807, 2.05) is 19.9 Å². The molecule has 0 saturated carbocycles. The highest BCUT2D eigenvalue weighted by Crippen LogP contribution is 2.10. The molecule has 148 valence electrons.